The third-order valence-electron chi connectivity index (χ3n) is 12.6. The molecule has 0 saturated heterocycles. The SMILES string of the molecule is CC1=Cc2c(-c3ccc(C(C)(C)C)cc3)cc(C)cc2C1[Si](C)(C)C1C(C)=Cc2c1cc(C(C)(C)C)c(C)c2-c1cc(C(C)(C)C)cc(C(C)(C)C)c1. The molecule has 0 spiro atoms. The summed E-state index contributed by atoms with van der Waals surface area (Å²) in [4.78, 5) is 0. The molecule has 0 aromatic heterocycles. The smallest absolute Gasteiger partial charge is 0.0679 e. The van der Waals surface area contributed by atoms with Gasteiger partial charge >= 0.3 is 0 Å². The van der Waals surface area contributed by atoms with Gasteiger partial charge in [0.25, 0.3) is 0 Å². The minimum Gasteiger partial charge on any atom is -0.0679 e. The minimum atomic E-state index is -2.09. The second kappa shape index (κ2) is 12.8. The van der Waals surface area contributed by atoms with Gasteiger partial charge in [0.1, 0.15) is 0 Å². The van der Waals surface area contributed by atoms with Gasteiger partial charge < -0.3 is 0 Å². The Morgan fingerprint density at radius 1 is 0.472 bits per heavy atom. The Balaban J connectivity index is 1.55. The van der Waals surface area contributed by atoms with Gasteiger partial charge in [0.2, 0.25) is 0 Å². The van der Waals surface area contributed by atoms with E-state index in [4.69, 9.17) is 0 Å². The molecule has 0 heterocycles. The number of rotatable bonds is 4. The molecule has 0 amide bonds. The van der Waals surface area contributed by atoms with Gasteiger partial charge in [-0.15, -0.1) is 0 Å². The van der Waals surface area contributed by atoms with E-state index in [1.165, 1.54) is 72.3 Å². The van der Waals surface area contributed by atoms with E-state index in [1.807, 2.05) is 0 Å². The highest BCUT2D eigenvalue weighted by molar-refractivity contribution is 6.81. The maximum absolute atomic E-state index is 2.69. The molecule has 53 heavy (non-hydrogen) atoms. The van der Waals surface area contributed by atoms with Gasteiger partial charge in [0.15, 0.2) is 0 Å². The first-order valence-electron chi connectivity index (χ1n) is 20.2. The first-order chi connectivity index (χ1) is 24.2. The number of fused-ring (bicyclic) bond motifs is 2. The molecule has 0 nitrogen and oxygen atoms in total. The van der Waals surface area contributed by atoms with Crippen molar-refractivity contribution in [3.05, 3.63) is 127 Å². The molecule has 0 bridgehead atoms. The van der Waals surface area contributed by atoms with Crippen LogP contribution in [0.4, 0.5) is 0 Å². The van der Waals surface area contributed by atoms with E-state index in [2.05, 4.69) is 197 Å². The molecule has 0 radical (unpaired) electrons. The minimum absolute atomic E-state index is 0.0272. The normalized spacial score (nSPS) is 17.8. The summed E-state index contributed by atoms with van der Waals surface area (Å²) in [6, 6.07) is 24.5. The molecule has 0 aliphatic heterocycles. The molecule has 0 fully saturated rings. The van der Waals surface area contributed by atoms with E-state index in [0.717, 1.165) is 0 Å². The van der Waals surface area contributed by atoms with Crippen LogP contribution in [0.15, 0.2) is 71.8 Å². The Morgan fingerprint density at radius 3 is 1.42 bits per heavy atom. The number of benzene rings is 4. The first-order valence-corrected chi connectivity index (χ1v) is 23.3. The van der Waals surface area contributed by atoms with Crippen molar-refractivity contribution in [1.29, 1.82) is 0 Å². The summed E-state index contributed by atoms with van der Waals surface area (Å²) in [6.07, 6.45) is 5.14. The van der Waals surface area contributed by atoms with Gasteiger partial charge in [-0.25, -0.2) is 0 Å². The fraction of sp³-hybridized carbons (Fsp3) is 0.462. The fourth-order valence-corrected chi connectivity index (χ4v) is 14.8. The topological polar surface area (TPSA) is 0 Å². The molecular weight excluding hydrogens is 653 g/mol. The van der Waals surface area contributed by atoms with Crippen LogP contribution in [0.2, 0.25) is 13.1 Å². The van der Waals surface area contributed by atoms with Crippen molar-refractivity contribution in [2.45, 2.75) is 157 Å². The van der Waals surface area contributed by atoms with Crippen molar-refractivity contribution in [3.8, 4) is 22.3 Å². The molecule has 0 N–H and O–H groups in total. The zero-order valence-electron chi connectivity index (χ0n) is 36.6. The fourth-order valence-electron chi connectivity index (χ4n) is 9.87. The highest BCUT2D eigenvalue weighted by Crippen LogP contribution is 2.56. The third-order valence-corrected chi connectivity index (χ3v) is 17.1. The summed E-state index contributed by atoms with van der Waals surface area (Å²) >= 11 is 0. The lowest BCUT2D eigenvalue weighted by atomic mass is 9.75. The van der Waals surface area contributed by atoms with Crippen molar-refractivity contribution in [2.75, 3.05) is 0 Å². The van der Waals surface area contributed by atoms with Gasteiger partial charge in [-0.2, -0.15) is 0 Å². The van der Waals surface area contributed by atoms with Crippen molar-refractivity contribution >= 4 is 20.2 Å². The quantitative estimate of drug-likeness (QED) is 0.184. The predicted octanol–water partition coefficient (Wildman–Crippen LogP) is 15.3. The van der Waals surface area contributed by atoms with E-state index < -0.39 is 8.07 Å². The van der Waals surface area contributed by atoms with E-state index in [-0.39, 0.29) is 21.7 Å². The Labute approximate surface area is 325 Å². The summed E-state index contributed by atoms with van der Waals surface area (Å²) in [5.74, 6) is 0. The van der Waals surface area contributed by atoms with Crippen LogP contribution in [-0.2, 0) is 21.7 Å². The summed E-state index contributed by atoms with van der Waals surface area (Å²) < 4.78 is 0. The van der Waals surface area contributed by atoms with Crippen LogP contribution < -0.4 is 0 Å². The van der Waals surface area contributed by atoms with Crippen LogP contribution in [0, 0.1) is 13.8 Å². The Bertz CT molecular complexity index is 2120. The molecular formula is C52H68Si. The van der Waals surface area contributed by atoms with Crippen LogP contribution in [0.3, 0.4) is 0 Å². The maximum Gasteiger partial charge on any atom is 0.0722 e. The summed E-state index contributed by atoms with van der Waals surface area (Å²) in [5.41, 5.74) is 24.3. The van der Waals surface area contributed by atoms with Gasteiger partial charge in [-0.3, -0.25) is 0 Å². The van der Waals surface area contributed by atoms with E-state index in [9.17, 15) is 0 Å². The average molecular weight is 721 g/mol. The Hall–Kier alpha value is -3.42. The molecule has 0 saturated carbocycles. The Kier molecular flexibility index (Phi) is 9.51. The van der Waals surface area contributed by atoms with Crippen LogP contribution in [-0.4, -0.2) is 8.07 Å². The molecule has 2 aliphatic rings. The molecule has 4 aromatic rings. The first kappa shape index (κ1) is 39.3. The lowest BCUT2D eigenvalue weighted by Gasteiger charge is -2.40. The highest BCUT2D eigenvalue weighted by Gasteiger charge is 2.48. The van der Waals surface area contributed by atoms with Gasteiger partial charge in [-0.1, -0.05) is 186 Å². The summed E-state index contributed by atoms with van der Waals surface area (Å²) in [7, 11) is -2.09. The van der Waals surface area contributed by atoms with E-state index in [1.54, 1.807) is 16.7 Å². The zero-order valence-corrected chi connectivity index (χ0v) is 37.6. The predicted molar refractivity (Wildman–Crippen MR) is 238 cm³/mol. The number of allylic oxidation sites excluding steroid dienone is 2. The van der Waals surface area contributed by atoms with Crippen LogP contribution in [0.5, 0.6) is 0 Å². The number of hydrogen-bond acceptors (Lipinski definition) is 0. The lowest BCUT2D eigenvalue weighted by molar-refractivity contribution is 0.569. The average Bonchev–Trinajstić information content (AvgIpc) is 3.54. The van der Waals surface area contributed by atoms with Gasteiger partial charge in [0, 0.05) is 11.1 Å². The molecule has 2 aliphatic carbocycles. The summed E-state index contributed by atoms with van der Waals surface area (Å²) in [6.45, 7) is 43.2. The Morgan fingerprint density at radius 2 is 0.943 bits per heavy atom. The summed E-state index contributed by atoms with van der Waals surface area (Å²) in [5, 5.41) is 0. The van der Waals surface area contributed by atoms with Crippen LogP contribution in [0.1, 0.15) is 164 Å². The van der Waals surface area contributed by atoms with Gasteiger partial charge in [-0.05, 0) is 122 Å². The largest absolute Gasteiger partial charge is 0.0722 e. The second-order valence-electron chi connectivity index (χ2n) is 21.6. The van der Waals surface area contributed by atoms with Crippen LogP contribution >= 0.6 is 0 Å². The molecule has 2 unspecified atom stereocenters. The van der Waals surface area contributed by atoms with Crippen molar-refractivity contribution in [3.63, 3.8) is 0 Å². The van der Waals surface area contributed by atoms with Crippen molar-refractivity contribution in [2.24, 2.45) is 0 Å². The standard InChI is InChI=1S/C52H68Si/c1-31-23-40(35-19-21-37(22-20-35)49(5,6)7)41-25-32(2)47(43(41)24-31)53(17,18)48-33(3)26-42-44(48)30-45(52(14,15)16)34(4)46(42)36-27-38(50(8,9)10)29-39(28-36)51(11,12)13/h19-30,47-48H,1-18H3. The van der Waals surface area contributed by atoms with Gasteiger partial charge in [0.05, 0.1) is 8.07 Å². The van der Waals surface area contributed by atoms with E-state index in [0.29, 0.717) is 11.1 Å². The molecule has 6 rings (SSSR count). The monoisotopic (exact) mass is 721 g/mol. The second-order valence-corrected chi connectivity index (χ2v) is 26.4. The molecule has 2 atom stereocenters. The number of aryl methyl sites for hydroxylation is 1. The van der Waals surface area contributed by atoms with Crippen LogP contribution in [0.25, 0.3) is 34.4 Å². The van der Waals surface area contributed by atoms with E-state index >= 15 is 0 Å². The molecule has 280 valence electrons. The lowest BCUT2D eigenvalue weighted by Crippen LogP contribution is -2.42. The van der Waals surface area contributed by atoms with Crippen molar-refractivity contribution in [1.82, 2.24) is 0 Å². The van der Waals surface area contributed by atoms with Crippen molar-refractivity contribution < 1.29 is 0 Å². The zero-order chi connectivity index (χ0) is 39.4. The molecule has 1 heteroatoms. The number of hydrogen-bond donors (Lipinski definition) is 0. The maximum atomic E-state index is 2.69. The third kappa shape index (κ3) is 7.01. The highest BCUT2D eigenvalue weighted by atomic mass is 28.3. The molecule has 4 aromatic carbocycles.